The van der Waals surface area contributed by atoms with Crippen molar-refractivity contribution in [1.82, 2.24) is 9.88 Å². The molecule has 0 radical (unpaired) electrons. The molecule has 112 valence electrons. The lowest BCUT2D eigenvalue weighted by Gasteiger charge is -2.29. The van der Waals surface area contributed by atoms with E-state index >= 15 is 0 Å². The predicted octanol–water partition coefficient (Wildman–Crippen LogP) is 2.57. The minimum absolute atomic E-state index is 0.00570. The van der Waals surface area contributed by atoms with Gasteiger partial charge in [-0.3, -0.25) is 4.79 Å². The van der Waals surface area contributed by atoms with Gasteiger partial charge in [0.05, 0.1) is 5.56 Å². The number of hydrogen-bond acceptors (Lipinski definition) is 3. The third kappa shape index (κ3) is 2.77. The molecule has 21 heavy (non-hydrogen) atoms. The summed E-state index contributed by atoms with van der Waals surface area (Å²) < 4.78 is 0. The molecule has 5 heteroatoms. The van der Waals surface area contributed by atoms with Crippen LogP contribution in [-0.2, 0) is 0 Å². The fraction of sp³-hybridized carbons (Fsp3) is 0.562. The van der Waals surface area contributed by atoms with Crippen LogP contribution in [0.1, 0.15) is 59.4 Å². The lowest BCUT2D eigenvalue weighted by Crippen LogP contribution is -2.39. The first-order valence-corrected chi connectivity index (χ1v) is 7.67. The molecule has 1 N–H and O–H groups in total. The van der Waals surface area contributed by atoms with Gasteiger partial charge in [0.1, 0.15) is 5.69 Å². The highest BCUT2D eigenvalue weighted by Gasteiger charge is 2.36. The second-order valence-corrected chi connectivity index (χ2v) is 5.99. The summed E-state index contributed by atoms with van der Waals surface area (Å²) in [5, 5.41) is 8.85. The maximum atomic E-state index is 12.6. The first-order chi connectivity index (χ1) is 10.2. The molecule has 1 aromatic rings. The van der Waals surface area contributed by atoms with Gasteiger partial charge in [0.2, 0.25) is 0 Å². The van der Waals surface area contributed by atoms with E-state index in [1.165, 1.54) is 37.9 Å². The van der Waals surface area contributed by atoms with Gasteiger partial charge >= 0.3 is 5.97 Å². The summed E-state index contributed by atoms with van der Waals surface area (Å²) in [6.07, 6.45) is 8.55. The zero-order valence-electron chi connectivity index (χ0n) is 12.0. The number of carboxylic acids is 1. The normalized spacial score (nSPS) is 22.7. The first kappa shape index (κ1) is 14.0. The van der Waals surface area contributed by atoms with Crippen LogP contribution in [0, 0.1) is 5.92 Å². The quantitative estimate of drug-likeness (QED) is 0.928. The largest absolute Gasteiger partial charge is 0.477 e. The Hall–Kier alpha value is -1.91. The highest BCUT2D eigenvalue weighted by Crippen LogP contribution is 2.35. The van der Waals surface area contributed by atoms with E-state index in [1.54, 1.807) is 6.07 Å². The van der Waals surface area contributed by atoms with E-state index in [-0.39, 0.29) is 11.6 Å². The molecule has 0 aromatic carbocycles. The first-order valence-electron chi connectivity index (χ1n) is 7.67. The summed E-state index contributed by atoms with van der Waals surface area (Å²) in [6, 6.07) is 3.33. The number of likely N-dealkylation sites (tertiary alicyclic amines) is 1. The molecule has 1 saturated heterocycles. The molecule has 5 nitrogen and oxygen atoms in total. The molecule has 2 fully saturated rings. The van der Waals surface area contributed by atoms with Crippen LogP contribution in [0.5, 0.6) is 0 Å². The van der Waals surface area contributed by atoms with E-state index in [9.17, 15) is 9.59 Å². The molecule has 2 heterocycles. The molecule has 3 rings (SSSR count). The maximum Gasteiger partial charge on any atom is 0.354 e. The van der Waals surface area contributed by atoms with Crippen LogP contribution >= 0.6 is 0 Å². The van der Waals surface area contributed by atoms with Crippen molar-refractivity contribution >= 4 is 11.9 Å². The van der Waals surface area contributed by atoms with Crippen molar-refractivity contribution in [2.24, 2.45) is 5.92 Å². The van der Waals surface area contributed by atoms with Crippen LogP contribution in [0.15, 0.2) is 18.3 Å². The third-order valence-electron chi connectivity index (χ3n) is 4.73. The number of aromatic nitrogens is 1. The van der Waals surface area contributed by atoms with Crippen LogP contribution in [0.25, 0.3) is 0 Å². The van der Waals surface area contributed by atoms with E-state index in [0.29, 0.717) is 17.5 Å². The molecule has 1 atom stereocenters. The Morgan fingerprint density at radius 1 is 1.14 bits per heavy atom. The minimum Gasteiger partial charge on any atom is -0.477 e. The summed E-state index contributed by atoms with van der Waals surface area (Å²) in [6.45, 7) is 0.806. The van der Waals surface area contributed by atoms with Crippen molar-refractivity contribution in [1.29, 1.82) is 0 Å². The number of carbonyl (C=O) groups is 2. The molecule has 0 bridgehead atoms. The van der Waals surface area contributed by atoms with Crippen molar-refractivity contribution in [3.63, 3.8) is 0 Å². The van der Waals surface area contributed by atoms with Crippen LogP contribution in [0.4, 0.5) is 0 Å². The second kappa shape index (κ2) is 5.84. The summed E-state index contributed by atoms with van der Waals surface area (Å²) in [7, 11) is 0. The van der Waals surface area contributed by atoms with Crippen LogP contribution < -0.4 is 0 Å². The summed E-state index contributed by atoms with van der Waals surface area (Å²) in [5.41, 5.74) is 0.463. The Balaban J connectivity index is 1.75. The zero-order chi connectivity index (χ0) is 14.8. The van der Waals surface area contributed by atoms with Crippen LogP contribution in [0.3, 0.4) is 0 Å². The van der Waals surface area contributed by atoms with Gasteiger partial charge in [-0.15, -0.1) is 0 Å². The van der Waals surface area contributed by atoms with Crippen molar-refractivity contribution in [2.75, 3.05) is 6.54 Å². The number of carbonyl (C=O) groups excluding carboxylic acids is 1. The molecule has 0 spiro atoms. The van der Waals surface area contributed by atoms with Gasteiger partial charge in [0.25, 0.3) is 5.91 Å². The van der Waals surface area contributed by atoms with Crippen molar-refractivity contribution in [2.45, 2.75) is 44.6 Å². The predicted molar refractivity (Wildman–Crippen MR) is 77.2 cm³/mol. The molecular formula is C16H20N2O3. The van der Waals surface area contributed by atoms with Gasteiger partial charge in [0.15, 0.2) is 0 Å². The molecule has 1 aromatic heterocycles. The number of carboxylic acid groups (broad SMARTS) is 1. The molecule has 1 aliphatic carbocycles. The Morgan fingerprint density at radius 3 is 2.52 bits per heavy atom. The fourth-order valence-corrected chi connectivity index (χ4v) is 3.69. The second-order valence-electron chi connectivity index (χ2n) is 5.99. The Labute approximate surface area is 124 Å². The average Bonchev–Trinajstić information content (AvgIpc) is 3.17. The minimum atomic E-state index is -1.07. The SMILES string of the molecule is O=C(O)c1ccc(C(=O)N2CCCC2C2CCCC2)cn1. The monoisotopic (exact) mass is 288 g/mol. The standard InChI is InChI=1S/C16H20N2O3/c19-15(12-7-8-13(16(20)21)17-10-12)18-9-3-6-14(18)11-4-1-2-5-11/h7-8,10-11,14H,1-6,9H2,(H,20,21). The van der Waals surface area contributed by atoms with Crippen molar-refractivity contribution in [3.05, 3.63) is 29.6 Å². The lowest BCUT2D eigenvalue weighted by atomic mass is 9.95. The van der Waals surface area contributed by atoms with E-state index in [2.05, 4.69) is 4.98 Å². The number of pyridine rings is 1. The van der Waals surface area contributed by atoms with Gasteiger partial charge in [-0.1, -0.05) is 12.8 Å². The van der Waals surface area contributed by atoms with Gasteiger partial charge in [-0.25, -0.2) is 9.78 Å². The van der Waals surface area contributed by atoms with E-state index in [0.717, 1.165) is 19.4 Å². The van der Waals surface area contributed by atoms with E-state index in [4.69, 9.17) is 5.11 Å². The van der Waals surface area contributed by atoms with Gasteiger partial charge in [-0.05, 0) is 43.7 Å². The number of amides is 1. The molecular weight excluding hydrogens is 268 g/mol. The number of hydrogen-bond donors (Lipinski definition) is 1. The van der Waals surface area contributed by atoms with Gasteiger partial charge in [0, 0.05) is 18.8 Å². The molecule has 1 amide bonds. The average molecular weight is 288 g/mol. The summed E-state index contributed by atoms with van der Waals surface area (Å²) >= 11 is 0. The zero-order valence-corrected chi connectivity index (χ0v) is 12.0. The Kier molecular flexibility index (Phi) is 3.90. The Morgan fingerprint density at radius 2 is 1.90 bits per heavy atom. The van der Waals surface area contributed by atoms with Crippen LogP contribution in [0.2, 0.25) is 0 Å². The maximum absolute atomic E-state index is 12.6. The highest BCUT2D eigenvalue weighted by atomic mass is 16.4. The van der Waals surface area contributed by atoms with Gasteiger partial charge < -0.3 is 10.0 Å². The van der Waals surface area contributed by atoms with Crippen molar-refractivity contribution < 1.29 is 14.7 Å². The molecule has 1 aliphatic heterocycles. The molecule has 1 unspecified atom stereocenters. The Bertz CT molecular complexity index is 535. The topological polar surface area (TPSA) is 70.5 Å². The van der Waals surface area contributed by atoms with E-state index in [1.807, 2.05) is 4.90 Å². The lowest BCUT2D eigenvalue weighted by molar-refractivity contribution is 0.0674. The summed E-state index contributed by atoms with van der Waals surface area (Å²) in [4.78, 5) is 29.3. The fourth-order valence-electron chi connectivity index (χ4n) is 3.69. The molecule has 2 aliphatic rings. The van der Waals surface area contributed by atoms with Gasteiger partial charge in [-0.2, -0.15) is 0 Å². The summed E-state index contributed by atoms with van der Waals surface area (Å²) in [5.74, 6) is -0.435. The number of aromatic carboxylic acids is 1. The number of rotatable bonds is 3. The highest BCUT2D eigenvalue weighted by molar-refractivity contribution is 5.95. The van der Waals surface area contributed by atoms with Crippen molar-refractivity contribution in [3.8, 4) is 0 Å². The smallest absolute Gasteiger partial charge is 0.354 e. The number of nitrogens with zero attached hydrogens (tertiary/aromatic N) is 2. The van der Waals surface area contributed by atoms with E-state index < -0.39 is 5.97 Å². The third-order valence-corrected chi connectivity index (χ3v) is 4.73. The van der Waals surface area contributed by atoms with Crippen LogP contribution in [-0.4, -0.2) is 39.5 Å². The molecule has 1 saturated carbocycles.